The van der Waals surface area contributed by atoms with Crippen LogP contribution in [0.1, 0.15) is 47.4 Å². The van der Waals surface area contributed by atoms with Gasteiger partial charge in [0.2, 0.25) is 5.91 Å². The second-order valence-corrected chi connectivity index (χ2v) is 6.27. The predicted molar refractivity (Wildman–Crippen MR) is 94.5 cm³/mol. The molecule has 7 nitrogen and oxygen atoms in total. The van der Waals surface area contributed by atoms with E-state index in [2.05, 4.69) is 4.74 Å². The van der Waals surface area contributed by atoms with Gasteiger partial charge in [-0.15, -0.1) is 0 Å². The number of rotatable bonds is 8. The lowest BCUT2D eigenvalue weighted by Crippen LogP contribution is -2.37. The van der Waals surface area contributed by atoms with Crippen LogP contribution in [0.5, 0.6) is 0 Å². The molecule has 1 aliphatic rings. The van der Waals surface area contributed by atoms with Gasteiger partial charge in [0.1, 0.15) is 0 Å². The minimum atomic E-state index is -0.403. The Bertz CT molecular complexity index is 681. The smallest absolute Gasteiger partial charge is 0.310 e. The molecule has 1 aromatic carbocycles. The Balaban J connectivity index is 1.87. The zero-order chi connectivity index (χ0) is 19.3. The number of ether oxygens (including phenoxy) is 1. The third-order valence-electron chi connectivity index (χ3n) is 4.48. The number of carbonyl (C=O) groups is 4. The zero-order valence-corrected chi connectivity index (χ0v) is 15.4. The van der Waals surface area contributed by atoms with E-state index in [0.717, 1.165) is 0 Å². The zero-order valence-electron chi connectivity index (χ0n) is 15.4. The standard InChI is InChI=1S/C19H24N2O5/c1-4-20(12-13(2)19(25)26-3)16(22)10-7-11-21-17(23)14-8-5-6-9-15(14)18(21)24/h5-6,8-9,13H,4,7,10-12H2,1-3H3. The molecule has 0 saturated heterocycles. The van der Waals surface area contributed by atoms with E-state index in [0.29, 0.717) is 24.1 Å². The van der Waals surface area contributed by atoms with Crippen molar-refractivity contribution in [2.24, 2.45) is 5.92 Å². The number of carbonyl (C=O) groups excluding carboxylic acids is 4. The summed E-state index contributed by atoms with van der Waals surface area (Å²) in [7, 11) is 1.32. The van der Waals surface area contributed by atoms with E-state index in [1.807, 2.05) is 6.92 Å². The molecular formula is C19H24N2O5. The molecule has 26 heavy (non-hydrogen) atoms. The monoisotopic (exact) mass is 360 g/mol. The fourth-order valence-corrected chi connectivity index (χ4v) is 3.00. The molecule has 0 bridgehead atoms. The summed E-state index contributed by atoms with van der Waals surface area (Å²) in [5, 5.41) is 0. The third-order valence-corrected chi connectivity index (χ3v) is 4.48. The van der Waals surface area contributed by atoms with Crippen molar-refractivity contribution >= 4 is 23.7 Å². The van der Waals surface area contributed by atoms with E-state index in [1.54, 1.807) is 36.1 Å². The van der Waals surface area contributed by atoms with Crippen molar-refractivity contribution in [1.29, 1.82) is 0 Å². The van der Waals surface area contributed by atoms with Gasteiger partial charge in [0.25, 0.3) is 11.8 Å². The van der Waals surface area contributed by atoms with Crippen LogP contribution in [0.3, 0.4) is 0 Å². The van der Waals surface area contributed by atoms with Crippen LogP contribution in [0.25, 0.3) is 0 Å². The predicted octanol–water partition coefficient (Wildman–Crippen LogP) is 1.72. The summed E-state index contributed by atoms with van der Waals surface area (Å²) >= 11 is 0. The van der Waals surface area contributed by atoms with Crippen molar-refractivity contribution in [3.8, 4) is 0 Å². The number of methoxy groups -OCH3 is 1. The quantitative estimate of drug-likeness (QED) is 0.521. The molecule has 0 fully saturated rings. The molecule has 0 N–H and O–H groups in total. The second kappa shape index (κ2) is 8.60. The first kappa shape index (κ1) is 19.6. The van der Waals surface area contributed by atoms with Crippen LogP contribution in [-0.4, -0.2) is 60.2 Å². The van der Waals surface area contributed by atoms with Gasteiger partial charge < -0.3 is 9.64 Å². The fourth-order valence-electron chi connectivity index (χ4n) is 3.00. The number of hydrogen-bond donors (Lipinski definition) is 0. The Morgan fingerprint density at radius 1 is 1.15 bits per heavy atom. The highest BCUT2D eigenvalue weighted by atomic mass is 16.5. The van der Waals surface area contributed by atoms with Crippen molar-refractivity contribution < 1.29 is 23.9 Å². The Morgan fingerprint density at radius 2 is 1.73 bits per heavy atom. The maximum atomic E-state index is 12.4. The lowest BCUT2D eigenvalue weighted by Gasteiger charge is -2.24. The SMILES string of the molecule is CCN(CC(C)C(=O)OC)C(=O)CCCN1C(=O)c2ccccc2C1=O. The van der Waals surface area contributed by atoms with Crippen molar-refractivity contribution in [2.45, 2.75) is 26.7 Å². The molecule has 0 saturated carbocycles. The average Bonchev–Trinajstić information content (AvgIpc) is 2.90. The number of amides is 3. The van der Waals surface area contributed by atoms with Crippen LogP contribution in [0.2, 0.25) is 0 Å². The highest BCUT2D eigenvalue weighted by molar-refractivity contribution is 6.21. The van der Waals surface area contributed by atoms with Gasteiger partial charge in [-0.1, -0.05) is 19.1 Å². The largest absolute Gasteiger partial charge is 0.469 e. The first-order valence-electron chi connectivity index (χ1n) is 8.71. The minimum absolute atomic E-state index is 0.111. The van der Waals surface area contributed by atoms with Crippen molar-refractivity contribution in [3.05, 3.63) is 35.4 Å². The molecule has 1 atom stereocenters. The lowest BCUT2D eigenvalue weighted by molar-refractivity contribution is -0.146. The van der Waals surface area contributed by atoms with Crippen molar-refractivity contribution in [1.82, 2.24) is 9.80 Å². The minimum Gasteiger partial charge on any atom is -0.469 e. The molecule has 0 spiro atoms. The maximum Gasteiger partial charge on any atom is 0.310 e. The van der Waals surface area contributed by atoms with Gasteiger partial charge in [-0.3, -0.25) is 24.1 Å². The number of hydrogen-bond acceptors (Lipinski definition) is 5. The Kier molecular flexibility index (Phi) is 6.49. The molecule has 0 radical (unpaired) electrons. The summed E-state index contributed by atoms with van der Waals surface area (Å²) in [4.78, 5) is 51.2. The first-order valence-corrected chi connectivity index (χ1v) is 8.71. The molecule has 1 unspecified atom stereocenters. The van der Waals surface area contributed by atoms with E-state index in [1.165, 1.54) is 12.0 Å². The third kappa shape index (κ3) is 4.09. The van der Waals surface area contributed by atoms with E-state index in [4.69, 9.17) is 0 Å². The second-order valence-electron chi connectivity index (χ2n) is 6.27. The van der Waals surface area contributed by atoms with Gasteiger partial charge in [0.15, 0.2) is 0 Å². The van der Waals surface area contributed by atoms with Crippen LogP contribution in [0, 0.1) is 5.92 Å². The van der Waals surface area contributed by atoms with Gasteiger partial charge in [0.05, 0.1) is 24.2 Å². The average molecular weight is 360 g/mol. The summed E-state index contributed by atoms with van der Waals surface area (Å²) < 4.78 is 4.68. The van der Waals surface area contributed by atoms with Crippen LogP contribution >= 0.6 is 0 Å². The van der Waals surface area contributed by atoms with Gasteiger partial charge in [-0.2, -0.15) is 0 Å². The first-order chi connectivity index (χ1) is 12.4. The molecule has 7 heteroatoms. The normalized spacial score (nSPS) is 14.2. The summed E-state index contributed by atoms with van der Waals surface area (Å²) in [6.45, 7) is 4.51. The molecule has 140 valence electrons. The van der Waals surface area contributed by atoms with Gasteiger partial charge in [-0.25, -0.2) is 0 Å². The molecule has 2 rings (SSSR count). The summed E-state index contributed by atoms with van der Waals surface area (Å²) in [5.41, 5.74) is 0.817. The highest BCUT2D eigenvalue weighted by Gasteiger charge is 2.34. The fraction of sp³-hybridized carbons (Fsp3) is 0.474. The topological polar surface area (TPSA) is 84.0 Å². The summed E-state index contributed by atoms with van der Waals surface area (Å²) in [5.74, 6) is -1.50. The Morgan fingerprint density at radius 3 is 2.23 bits per heavy atom. The van der Waals surface area contributed by atoms with Crippen LogP contribution in [0.15, 0.2) is 24.3 Å². The van der Waals surface area contributed by atoms with Crippen LogP contribution in [-0.2, 0) is 14.3 Å². The van der Waals surface area contributed by atoms with Gasteiger partial charge >= 0.3 is 5.97 Å². The maximum absolute atomic E-state index is 12.4. The van der Waals surface area contributed by atoms with E-state index in [-0.39, 0.29) is 43.2 Å². The molecular weight excluding hydrogens is 336 g/mol. The lowest BCUT2D eigenvalue weighted by atomic mass is 10.1. The van der Waals surface area contributed by atoms with Crippen molar-refractivity contribution in [2.75, 3.05) is 26.7 Å². The van der Waals surface area contributed by atoms with E-state index in [9.17, 15) is 19.2 Å². The summed E-state index contributed by atoms with van der Waals surface area (Å²) in [6, 6.07) is 6.71. The van der Waals surface area contributed by atoms with Gasteiger partial charge in [-0.05, 0) is 25.5 Å². The molecule has 0 aliphatic carbocycles. The van der Waals surface area contributed by atoms with E-state index < -0.39 is 5.92 Å². The van der Waals surface area contributed by atoms with Crippen LogP contribution in [0.4, 0.5) is 0 Å². The Hall–Kier alpha value is -2.70. The molecule has 3 amide bonds. The number of imide groups is 1. The molecule has 0 aromatic heterocycles. The number of fused-ring (bicyclic) bond motifs is 1. The van der Waals surface area contributed by atoms with E-state index >= 15 is 0 Å². The number of nitrogens with zero attached hydrogens (tertiary/aromatic N) is 2. The highest BCUT2D eigenvalue weighted by Crippen LogP contribution is 2.22. The van der Waals surface area contributed by atoms with Crippen molar-refractivity contribution in [3.63, 3.8) is 0 Å². The van der Waals surface area contributed by atoms with Crippen LogP contribution < -0.4 is 0 Å². The Labute approximate surface area is 152 Å². The molecule has 1 aromatic rings. The van der Waals surface area contributed by atoms with Gasteiger partial charge in [0, 0.05) is 26.1 Å². The molecule has 1 heterocycles. The molecule has 1 aliphatic heterocycles. The number of esters is 1. The summed E-state index contributed by atoms with van der Waals surface area (Å²) in [6.07, 6.45) is 0.586. The number of benzene rings is 1.